The molecular formula is C21H35N5O. The molecule has 2 saturated heterocycles. The summed E-state index contributed by atoms with van der Waals surface area (Å²) >= 11 is 0. The van der Waals surface area contributed by atoms with Crippen LogP contribution in [0.25, 0.3) is 0 Å². The number of nitrogens with zero attached hydrogens (tertiary/aromatic N) is 3. The van der Waals surface area contributed by atoms with E-state index in [2.05, 4.69) is 44.5 Å². The van der Waals surface area contributed by atoms with Crippen molar-refractivity contribution in [3.8, 4) is 5.75 Å². The highest BCUT2D eigenvalue weighted by Gasteiger charge is 2.25. The Bertz CT molecular complexity index is 620. The van der Waals surface area contributed by atoms with Gasteiger partial charge in [0.15, 0.2) is 5.96 Å². The fourth-order valence-corrected chi connectivity index (χ4v) is 4.33. The zero-order valence-electron chi connectivity index (χ0n) is 17.1. The van der Waals surface area contributed by atoms with Gasteiger partial charge >= 0.3 is 0 Å². The lowest BCUT2D eigenvalue weighted by Gasteiger charge is -2.24. The Labute approximate surface area is 164 Å². The van der Waals surface area contributed by atoms with E-state index in [1.807, 2.05) is 19.2 Å². The number of ether oxygens (including phenoxy) is 1. The standard InChI is InChI=1S/C21H35N5O/c1-4-25-12-7-8-18(25)15-24-21(22-2)23-14-17-11-13-26(16-17)19-9-5-6-10-20(19)27-3/h5-6,9-10,17-18H,4,7-8,11-16H2,1-3H3,(H2,22,23,24). The van der Waals surface area contributed by atoms with Gasteiger partial charge in [-0.2, -0.15) is 0 Å². The van der Waals surface area contributed by atoms with Gasteiger partial charge in [-0.1, -0.05) is 19.1 Å². The van der Waals surface area contributed by atoms with Gasteiger partial charge in [0.1, 0.15) is 5.75 Å². The average Bonchev–Trinajstić information content (AvgIpc) is 3.37. The van der Waals surface area contributed by atoms with E-state index in [9.17, 15) is 0 Å². The number of hydrogen-bond acceptors (Lipinski definition) is 4. The van der Waals surface area contributed by atoms with E-state index in [0.29, 0.717) is 12.0 Å². The third kappa shape index (κ3) is 5.06. The van der Waals surface area contributed by atoms with Crippen LogP contribution in [0.2, 0.25) is 0 Å². The number of anilines is 1. The molecule has 0 aromatic heterocycles. The van der Waals surface area contributed by atoms with Crippen molar-refractivity contribution in [1.29, 1.82) is 0 Å². The quantitative estimate of drug-likeness (QED) is 0.567. The van der Waals surface area contributed by atoms with Crippen LogP contribution in [-0.2, 0) is 0 Å². The van der Waals surface area contributed by atoms with Gasteiger partial charge in [0.25, 0.3) is 0 Å². The van der Waals surface area contributed by atoms with Gasteiger partial charge in [-0.05, 0) is 50.4 Å². The predicted molar refractivity (Wildman–Crippen MR) is 113 cm³/mol. The third-order valence-corrected chi connectivity index (χ3v) is 5.90. The first-order valence-corrected chi connectivity index (χ1v) is 10.3. The lowest BCUT2D eigenvalue weighted by atomic mass is 10.1. The van der Waals surface area contributed by atoms with Gasteiger partial charge in [-0.15, -0.1) is 0 Å². The number of benzene rings is 1. The molecule has 2 aliphatic heterocycles. The Hall–Kier alpha value is -1.95. The van der Waals surface area contributed by atoms with Crippen LogP contribution in [0.5, 0.6) is 5.75 Å². The van der Waals surface area contributed by atoms with Crippen LogP contribution in [-0.4, -0.2) is 70.3 Å². The van der Waals surface area contributed by atoms with Crippen molar-refractivity contribution in [3.05, 3.63) is 24.3 Å². The SMILES string of the molecule is CCN1CCCC1CNC(=NC)NCC1CCN(c2ccccc2OC)C1. The zero-order chi connectivity index (χ0) is 19.1. The van der Waals surface area contributed by atoms with Gasteiger partial charge in [-0.25, -0.2) is 0 Å². The maximum absolute atomic E-state index is 5.52. The maximum atomic E-state index is 5.52. The summed E-state index contributed by atoms with van der Waals surface area (Å²) in [6.07, 6.45) is 3.79. The first-order valence-electron chi connectivity index (χ1n) is 10.3. The molecule has 0 radical (unpaired) electrons. The van der Waals surface area contributed by atoms with Crippen LogP contribution < -0.4 is 20.3 Å². The molecular weight excluding hydrogens is 338 g/mol. The molecule has 0 aliphatic carbocycles. The van der Waals surface area contributed by atoms with Crippen molar-refractivity contribution in [2.45, 2.75) is 32.2 Å². The molecule has 2 N–H and O–H groups in total. The largest absolute Gasteiger partial charge is 0.495 e. The smallest absolute Gasteiger partial charge is 0.191 e. The highest BCUT2D eigenvalue weighted by atomic mass is 16.5. The second-order valence-electron chi connectivity index (χ2n) is 7.53. The van der Waals surface area contributed by atoms with Crippen LogP contribution in [0.3, 0.4) is 0 Å². The monoisotopic (exact) mass is 373 g/mol. The lowest BCUT2D eigenvalue weighted by molar-refractivity contribution is 0.267. The number of methoxy groups -OCH3 is 1. The van der Waals surface area contributed by atoms with Gasteiger partial charge in [-0.3, -0.25) is 9.89 Å². The molecule has 2 aliphatic rings. The molecule has 2 atom stereocenters. The Balaban J connectivity index is 1.44. The molecule has 6 heteroatoms. The zero-order valence-corrected chi connectivity index (χ0v) is 17.1. The van der Waals surface area contributed by atoms with Crippen LogP contribution >= 0.6 is 0 Å². The number of para-hydroxylation sites is 2. The normalized spacial score (nSPS) is 23.7. The minimum absolute atomic E-state index is 0.618. The molecule has 0 amide bonds. The molecule has 0 spiro atoms. The number of nitrogens with one attached hydrogen (secondary N) is 2. The summed E-state index contributed by atoms with van der Waals surface area (Å²) in [5.41, 5.74) is 1.20. The van der Waals surface area contributed by atoms with Crippen LogP contribution in [0.4, 0.5) is 5.69 Å². The van der Waals surface area contributed by atoms with E-state index in [0.717, 1.165) is 44.4 Å². The average molecular weight is 374 g/mol. The number of likely N-dealkylation sites (N-methyl/N-ethyl adjacent to an activating group) is 1. The first-order chi connectivity index (χ1) is 13.2. The van der Waals surface area contributed by atoms with Crippen molar-refractivity contribution < 1.29 is 4.74 Å². The fourth-order valence-electron chi connectivity index (χ4n) is 4.33. The molecule has 6 nitrogen and oxygen atoms in total. The summed E-state index contributed by atoms with van der Waals surface area (Å²) in [5.74, 6) is 2.50. The molecule has 1 aromatic rings. The third-order valence-electron chi connectivity index (χ3n) is 5.90. The van der Waals surface area contributed by atoms with Gasteiger partial charge < -0.3 is 20.3 Å². The molecule has 0 saturated carbocycles. The van der Waals surface area contributed by atoms with Crippen molar-refractivity contribution in [3.63, 3.8) is 0 Å². The summed E-state index contributed by atoms with van der Waals surface area (Å²) in [6, 6.07) is 8.93. The summed E-state index contributed by atoms with van der Waals surface area (Å²) in [4.78, 5) is 9.40. The number of likely N-dealkylation sites (tertiary alicyclic amines) is 1. The van der Waals surface area contributed by atoms with Crippen molar-refractivity contribution in [2.24, 2.45) is 10.9 Å². The molecule has 2 unspecified atom stereocenters. The molecule has 0 bridgehead atoms. The van der Waals surface area contributed by atoms with Crippen molar-refractivity contribution in [2.75, 3.05) is 58.3 Å². The summed E-state index contributed by atoms with van der Waals surface area (Å²) < 4.78 is 5.52. The molecule has 2 heterocycles. The lowest BCUT2D eigenvalue weighted by Crippen LogP contribution is -2.46. The Morgan fingerprint density at radius 3 is 2.78 bits per heavy atom. The van der Waals surface area contributed by atoms with E-state index in [-0.39, 0.29) is 0 Å². The Kier molecular flexibility index (Phi) is 7.21. The minimum atomic E-state index is 0.618. The Morgan fingerprint density at radius 1 is 1.19 bits per heavy atom. The van der Waals surface area contributed by atoms with E-state index in [1.165, 1.54) is 31.5 Å². The predicted octanol–water partition coefficient (Wildman–Crippen LogP) is 2.17. The maximum Gasteiger partial charge on any atom is 0.191 e. The van der Waals surface area contributed by atoms with E-state index in [1.54, 1.807) is 7.11 Å². The first kappa shape index (κ1) is 19.8. The highest BCUT2D eigenvalue weighted by molar-refractivity contribution is 5.79. The topological polar surface area (TPSA) is 52.1 Å². The van der Waals surface area contributed by atoms with E-state index in [4.69, 9.17) is 4.74 Å². The molecule has 150 valence electrons. The van der Waals surface area contributed by atoms with Crippen molar-refractivity contribution in [1.82, 2.24) is 15.5 Å². The van der Waals surface area contributed by atoms with Gasteiger partial charge in [0, 0.05) is 39.3 Å². The Morgan fingerprint density at radius 2 is 2.00 bits per heavy atom. The molecule has 27 heavy (non-hydrogen) atoms. The summed E-state index contributed by atoms with van der Waals surface area (Å²) in [5, 5.41) is 7.06. The highest BCUT2D eigenvalue weighted by Crippen LogP contribution is 2.31. The number of aliphatic imine (C=N–C) groups is 1. The molecule has 2 fully saturated rings. The van der Waals surface area contributed by atoms with Crippen LogP contribution in [0, 0.1) is 5.92 Å². The number of guanidine groups is 1. The summed E-state index contributed by atoms with van der Waals surface area (Å²) in [7, 11) is 3.60. The van der Waals surface area contributed by atoms with Crippen molar-refractivity contribution >= 4 is 11.6 Å². The van der Waals surface area contributed by atoms with Crippen LogP contribution in [0.1, 0.15) is 26.2 Å². The van der Waals surface area contributed by atoms with Crippen LogP contribution in [0.15, 0.2) is 29.3 Å². The number of rotatable bonds is 7. The van der Waals surface area contributed by atoms with Gasteiger partial charge in [0.2, 0.25) is 0 Å². The van der Waals surface area contributed by atoms with E-state index < -0.39 is 0 Å². The second-order valence-corrected chi connectivity index (χ2v) is 7.53. The summed E-state index contributed by atoms with van der Waals surface area (Å²) in [6.45, 7) is 8.68. The minimum Gasteiger partial charge on any atom is -0.495 e. The van der Waals surface area contributed by atoms with Gasteiger partial charge in [0.05, 0.1) is 12.8 Å². The number of hydrogen-bond donors (Lipinski definition) is 2. The molecule has 1 aromatic carbocycles. The fraction of sp³-hybridized carbons (Fsp3) is 0.667. The van der Waals surface area contributed by atoms with E-state index >= 15 is 0 Å². The molecule has 3 rings (SSSR count). The second kappa shape index (κ2) is 9.83.